The topological polar surface area (TPSA) is 107 Å². The number of aromatic amines is 1. The molecule has 1 aromatic heterocycles. The van der Waals surface area contributed by atoms with Crippen LogP contribution in [0.4, 0.5) is 0 Å². The Kier molecular flexibility index (Phi) is 3.85. The van der Waals surface area contributed by atoms with E-state index in [1.165, 1.54) is 11.2 Å². The first-order chi connectivity index (χ1) is 9.25. The second kappa shape index (κ2) is 5.15. The Hall–Kier alpha value is -1.45. The van der Waals surface area contributed by atoms with Crippen LogP contribution in [0.5, 0.6) is 0 Å². The number of hydrogen-bond donors (Lipinski definition) is 2. The molecule has 2 N–H and O–H groups in total. The standard InChI is InChI=1S/C11H18N4O4S/c1-7-6-14(3)4-5-15(7)20(18,19)10-9(11(16)17)8(2)12-13-10/h7H,4-6H2,1-3H3,(H,12,13)(H,16,17). The van der Waals surface area contributed by atoms with Crippen LogP contribution in [0, 0.1) is 6.92 Å². The summed E-state index contributed by atoms with van der Waals surface area (Å²) in [6.07, 6.45) is 0. The highest BCUT2D eigenvalue weighted by atomic mass is 32.2. The Morgan fingerprint density at radius 1 is 1.45 bits per heavy atom. The number of aromatic carboxylic acids is 1. The molecule has 8 nitrogen and oxygen atoms in total. The zero-order valence-corrected chi connectivity index (χ0v) is 12.4. The molecule has 0 bridgehead atoms. The van der Waals surface area contributed by atoms with Gasteiger partial charge in [0.1, 0.15) is 5.56 Å². The van der Waals surface area contributed by atoms with E-state index in [4.69, 9.17) is 5.11 Å². The van der Waals surface area contributed by atoms with E-state index in [9.17, 15) is 13.2 Å². The highest BCUT2D eigenvalue weighted by molar-refractivity contribution is 7.89. The summed E-state index contributed by atoms with van der Waals surface area (Å²) >= 11 is 0. The Bertz CT molecular complexity index is 624. The van der Waals surface area contributed by atoms with Crippen molar-refractivity contribution in [3.8, 4) is 0 Å². The minimum absolute atomic E-state index is 0.225. The van der Waals surface area contributed by atoms with Gasteiger partial charge in [-0.15, -0.1) is 0 Å². The number of nitrogens with one attached hydrogen (secondary N) is 1. The Balaban J connectivity index is 2.43. The molecule has 1 unspecified atom stereocenters. The molecule has 1 atom stereocenters. The van der Waals surface area contributed by atoms with E-state index in [0.29, 0.717) is 19.6 Å². The van der Waals surface area contributed by atoms with Gasteiger partial charge in [-0.05, 0) is 20.9 Å². The first-order valence-corrected chi connectivity index (χ1v) is 7.67. The van der Waals surface area contributed by atoms with Crippen molar-refractivity contribution in [2.45, 2.75) is 24.9 Å². The molecule has 0 aliphatic carbocycles. The Morgan fingerprint density at radius 2 is 2.10 bits per heavy atom. The lowest BCUT2D eigenvalue weighted by Crippen LogP contribution is -2.52. The van der Waals surface area contributed by atoms with Gasteiger partial charge < -0.3 is 10.0 Å². The molecule has 1 aromatic rings. The summed E-state index contributed by atoms with van der Waals surface area (Å²) in [4.78, 5) is 13.2. The largest absolute Gasteiger partial charge is 0.478 e. The van der Waals surface area contributed by atoms with Crippen molar-refractivity contribution >= 4 is 16.0 Å². The summed E-state index contributed by atoms with van der Waals surface area (Å²) in [7, 11) is -1.99. The predicted molar refractivity (Wildman–Crippen MR) is 71.1 cm³/mol. The quantitative estimate of drug-likeness (QED) is 0.797. The van der Waals surface area contributed by atoms with Crippen LogP contribution in [0.25, 0.3) is 0 Å². The number of carboxylic acid groups (broad SMARTS) is 1. The average molecular weight is 302 g/mol. The number of carbonyl (C=O) groups is 1. The monoisotopic (exact) mass is 302 g/mol. The number of piperazine rings is 1. The van der Waals surface area contributed by atoms with Gasteiger partial charge in [0, 0.05) is 31.4 Å². The molecular formula is C11H18N4O4S. The van der Waals surface area contributed by atoms with Gasteiger partial charge in [-0.25, -0.2) is 13.2 Å². The normalized spacial score (nSPS) is 22.1. The van der Waals surface area contributed by atoms with Crippen molar-refractivity contribution in [3.63, 3.8) is 0 Å². The van der Waals surface area contributed by atoms with E-state index >= 15 is 0 Å². The van der Waals surface area contributed by atoms with E-state index in [2.05, 4.69) is 10.2 Å². The number of nitrogens with zero attached hydrogens (tertiary/aromatic N) is 3. The smallest absolute Gasteiger partial charge is 0.340 e. The summed E-state index contributed by atoms with van der Waals surface area (Å²) in [5, 5.41) is 14.9. The molecule has 1 aliphatic rings. The van der Waals surface area contributed by atoms with E-state index < -0.39 is 21.0 Å². The van der Waals surface area contributed by atoms with Crippen LogP contribution in [0.2, 0.25) is 0 Å². The first-order valence-electron chi connectivity index (χ1n) is 6.23. The summed E-state index contributed by atoms with van der Waals surface area (Å²) in [5.74, 6) is -1.29. The first kappa shape index (κ1) is 14.9. The fourth-order valence-electron chi connectivity index (χ4n) is 2.44. The van der Waals surface area contributed by atoms with Gasteiger partial charge in [0.2, 0.25) is 5.03 Å². The molecule has 2 heterocycles. The summed E-state index contributed by atoms with van der Waals surface area (Å²) in [6.45, 7) is 4.82. The molecule has 1 saturated heterocycles. The zero-order valence-electron chi connectivity index (χ0n) is 11.6. The van der Waals surface area contributed by atoms with Gasteiger partial charge in [-0.2, -0.15) is 9.40 Å². The Morgan fingerprint density at radius 3 is 2.65 bits per heavy atom. The molecule has 0 radical (unpaired) electrons. The second-order valence-electron chi connectivity index (χ2n) is 5.06. The predicted octanol–water partition coefficient (Wildman–Crippen LogP) is -0.259. The van der Waals surface area contributed by atoms with Gasteiger partial charge in [0.05, 0.1) is 0 Å². The molecule has 0 saturated carbocycles. The highest BCUT2D eigenvalue weighted by Gasteiger charge is 2.37. The van der Waals surface area contributed by atoms with E-state index in [0.717, 1.165) is 0 Å². The van der Waals surface area contributed by atoms with Crippen LogP contribution in [0.3, 0.4) is 0 Å². The van der Waals surface area contributed by atoms with Gasteiger partial charge in [0.25, 0.3) is 10.0 Å². The molecule has 112 valence electrons. The molecule has 1 aliphatic heterocycles. The maximum Gasteiger partial charge on any atom is 0.340 e. The van der Waals surface area contributed by atoms with Gasteiger partial charge in [-0.3, -0.25) is 5.10 Å². The lowest BCUT2D eigenvalue weighted by Gasteiger charge is -2.36. The third kappa shape index (κ3) is 2.43. The van der Waals surface area contributed by atoms with E-state index in [1.54, 1.807) is 6.92 Å². The second-order valence-corrected chi connectivity index (χ2v) is 6.87. The molecule has 0 aromatic carbocycles. The van der Waals surface area contributed by atoms with Crippen LogP contribution in [0.1, 0.15) is 23.0 Å². The van der Waals surface area contributed by atoms with Crippen LogP contribution < -0.4 is 0 Å². The van der Waals surface area contributed by atoms with Crippen molar-refractivity contribution in [1.82, 2.24) is 19.4 Å². The number of aryl methyl sites for hydroxylation is 1. The fraction of sp³-hybridized carbons (Fsp3) is 0.636. The lowest BCUT2D eigenvalue weighted by molar-refractivity contribution is 0.0691. The Labute approximate surface area is 117 Å². The van der Waals surface area contributed by atoms with Crippen LogP contribution in [0.15, 0.2) is 5.03 Å². The number of carboxylic acids is 1. The maximum absolute atomic E-state index is 12.6. The number of likely N-dealkylation sites (N-methyl/N-ethyl adjacent to an activating group) is 1. The van der Waals surface area contributed by atoms with Crippen molar-refractivity contribution in [1.29, 1.82) is 0 Å². The van der Waals surface area contributed by atoms with Gasteiger partial charge in [0.15, 0.2) is 0 Å². The SMILES string of the molecule is Cc1[nH]nc(S(=O)(=O)N2CCN(C)CC2C)c1C(=O)O. The molecule has 2 rings (SSSR count). The van der Waals surface area contributed by atoms with Crippen molar-refractivity contribution in [2.75, 3.05) is 26.7 Å². The molecule has 0 amide bonds. The van der Waals surface area contributed by atoms with Crippen molar-refractivity contribution in [2.24, 2.45) is 0 Å². The zero-order chi connectivity index (χ0) is 15.1. The van der Waals surface area contributed by atoms with Crippen LogP contribution >= 0.6 is 0 Å². The lowest BCUT2D eigenvalue weighted by atomic mass is 10.2. The number of aromatic nitrogens is 2. The van der Waals surface area contributed by atoms with E-state index in [1.807, 2.05) is 11.9 Å². The maximum atomic E-state index is 12.6. The summed E-state index contributed by atoms with van der Waals surface area (Å²) < 4.78 is 26.5. The van der Waals surface area contributed by atoms with Crippen molar-refractivity contribution < 1.29 is 18.3 Å². The number of rotatable bonds is 3. The van der Waals surface area contributed by atoms with Crippen molar-refractivity contribution in [3.05, 3.63) is 11.3 Å². The van der Waals surface area contributed by atoms with Gasteiger partial charge >= 0.3 is 5.97 Å². The third-order valence-corrected chi connectivity index (χ3v) is 5.39. The summed E-state index contributed by atoms with van der Waals surface area (Å²) in [5.41, 5.74) is -0.0472. The van der Waals surface area contributed by atoms with Gasteiger partial charge in [-0.1, -0.05) is 0 Å². The minimum atomic E-state index is -3.91. The molecule has 1 fully saturated rings. The minimum Gasteiger partial charge on any atom is -0.478 e. The number of sulfonamides is 1. The average Bonchev–Trinajstić information content (AvgIpc) is 2.71. The molecule has 0 spiro atoms. The molecule has 20 heavy (non-hydrogen) atoms. The number of H-pyrrole nitrogens is 1. The number of hydrogen-bond acceptors (Lipinski definition) is 5. The van der Waals surface area contributed by atoms with Crippen LogP contribution in [-0.2, 0) is 10.0 Å². The van der Waals surface area contributed by atoms with Crippen LogP contribution in [-0.4, -0.2) is 71.6 Å². The third-order valence-electron chi connectivity index (χ3n) is 3.45. The molecule has 9 heteroatoms. The highest BCUT2D eigenvalue weighted by Crippen LogP contribution is 2.23. The summed E-state index contributed by atoms with van der Waals surface area (Å²) in [6, 6.07) is -0.225. The molecular weight excluding hydrogens is 284 g/mol. The fourth-order valence-corrected chi connectivity index (χ4v) is 4.18. The van der Waals surface area contributed by atoms with E-state index in [-0.39, 0.29) is 17.3 Å².